The molecule has 0 fully saturated rings. The van der Waals surface area contributed by atoms with Crippen molar-refractivity contribution >= 4 is 23.1 Å². The van der Waals surface area contributed by atoms with E-state index in [0.717, 1.165) is 11.3 Å². The van der Waals surface area contributed by atoms with Crippen LogP contribution in [0.1, 0.15) is 19.4 Å². The third-order valence-corrected chi connectivity index (χ3v) is 2.85. The average Bonchev–Trinajstić information content (AvgIpc) is 2.44. The molecule has 0 aromatic heterocycles. The predicted molar refractivity (Wildman–Crippen MR) is 61.4 cm³/mol. The summed E-state index contributed by atoms with van der Waals surface area (Å²) < 4.78 is 0. The summed E-state index contributed by atoms with van der Waals surface area (Å²) in [5.74, 6) is -0.0528. The first-order chi connectivity index (χ1) is 7.02. The predicted octanol–water partition coefficient (Wildman–Crippen LogP) is 2.54. The molecular formula is C12H12ClNO. The molecule has 1 aromatic carbocycles. The Balaban J connectivity index is 2.45. The van der Waals surface area contributed by atoms with E-state index in [-0.39, 0.29) is 5.78 Å². The SMILES string of the molecule is CC1(C)NC(c2ccccc2)=C(Cl)C1=O. The van der Waals surface area contributed by atoms with Gasteiger partial charge in [0.1, 0.15) is 5.03 Å². The number of carbonyl (C=O) groups is 1. The zero-order valence-corrected chi connectivity index (χ0v) is 9.43. The molecule has 0 aliphatic carbocycles. The van der Waals surface area contributed by atoms with Gasteiger partial charge in [0.2, 0.25) is 5.78 Å². The van der Waals surface area contributed by atoms with E-state index in [4.69, 9.17) is 11.6 Å². The van der Waals surface area contributed by atoms with Gasteiger partial charge < -0.3 is 5.32 Å². The number of Topliss-reactive ketones (excluding diaryl/α,β-unsaturated/α-hetero) is 1. The normalized spacial score (nSPS) is 19.3. The third-order valence-electron chi connectivity index (χ3n) is 2.49. The Morgan fingerprint density at radius 1 is 1.20 bits per heavy atom. The lowest BCUT2D eigenvalue weighted by atomic mass is 10.0. The minimum absolute atomic E-state index is 0.0528. The van der Waals surface area contributed by atoms with Gasteiger partial charge in [0.05, 0.1) is 11.2 Å². The minimum Gasteiger partial charge on any atom is -0.371 e. The summed E-state index contributed by atoms with van der Waals surface area (Å²) in [4.78, 5) is 11.8. The van der Waals surface area contributed by atoms with Crippen molar-refractivity contribution in [2.45, 2.75) is 19.4 Å². The highest BCUT2D eigenvalue weighted by molar-refractivity contribution is 6.48. The van der Waals surface area contributed by atoms with Crippen molar-refractivity contribution in [2.75, 3.05) is 0 Å². The van der Waals surface area contributed by atoms with Gasteiger partial charge in [-0.05, 0) is 19.4 Å². The second-order valence-electron chi connectivity index (χ2n) is 4.13. The molecule has 2 nitrogen and oxygen atoms in total. The van der Waals surface area contributed by atoms with E-state index in [1.165, 1.54) is 0 Å². The van der Waals surface area contributed by atoms with Crippen molar-refractivity contribution < 1.29 is 4.79 Å². The Morgan fingerprint density at radius 2 is 1.80 bits per heavy atom. The van der Waals surface area contributed by atoms with Crippen LogP contribution in [0.15, 0.2) is 35.4 Å². The average molecular weight is 222 g/mol. The molecule has 0 amide bonds. The van der Waals surface area contributed by atoms with Crippen LogP contribution in [0, 0.1) is 0 Å². The van der Waals surface area contributed by atoms with Crippen LogP contribution in [0.4, 0.5) is 0 Å². The number of carbonyl (C=O) groups excluding carboxylic acids is 1. The first-order valence-electron chi connectivity index (χ1n) is 4.80. The molecule has 0 radical (unpaired) electrons. The zero-order valence-electron chi connectivity index (χ0n) is 8.67. The molecule has 0 bridgehead atoms. The number of rotatable bonds is 1. The summed E-state index contributed by atoms with van der Waals surface area (Å²) in [7, 11) is 0. The maximum Gasteiger partial charge on any atom is 0.200 e. The van der Waals surface area contributed by atoms with Gasteiger partial charge in [0.15, 0.2) is 0 Å². The van der Waals surface area contributed by atoms with Crippen LogP contribution in [-0.4, -0.2) is 11.3 Å². The lowest BCUT2D eigenvalue weighted by Crippen LogP contribution is -2.39. The Hall–Kier alpha value is -1.28. The molecule has 0 unspecified atom stereocenters. The van der Waals surface area contributed by atoms with Crippen LogP contribution in [0.5, 0.6) is 0 Å². The molecule has 1 aliphatic heterocycles. The van der Waals surface area contributed by atoms with Gasteiger partial charge in [-0.15, -0.1) is 0 Å². The molecule has 1 aliphatic rings. The van der Waals surface area contributed by atoms with Crippen molar-refractivity contribution in [3.05, 3.63) is 40.9 Å². The second-order valence-corrected chi connectivity index (χ2v) is 4.51. The number of ketones is 1. The monoisotopic (exact) mass is 221 g/mol. The highest BCUT2D eigenvalue weighted by Gasteiger charge is 2.38. The van der Waals surface area contributed by atoms with Crippen LogP contribution >= 0.6 is 11.6 Å². The lowest BCUT2D eigenvalue weighted by molar-refractivity contribution is -0.118. The van der Waals surface area contributed by atoms with Crippen molar-refractivity contribution in [2.24, 2.45) is 0 Å². The fourth-order valence-electron chi connectivity index (χ4n) is 1.62. The first kappa shape index (κ1) is 10.2. The van der Waals surface area contributed by atoms with Gasteiger partial charge in [-0.2, -0.15) is 0 Å². The summed E-state index contributed by atoms with van der Waals surface area (Å²) >= 11 is 6.02. The van der Waals surface area contributed by atoms with E-state index in [2.05, 4.69) is 5.32 Å². The standard InChI is InChI=1S/C12H12ClNO/c1-12(2)11(15)9(13)10(14-12)8-6-4-3-5-7-8/h3-7,14H,1-2H3. The van der Waals surface area contributed by atoms with Gasteiger partial charge in [0, 0.05) is 0 Å². The highest BCUT2D eigenvalue weighted by Crippen LogP contribution is 2.31. The molecule has 2 rings (SSSR count). The Labute approximate surface area is 93.9 Å². The molecule has 0 atom stereocenters. The van der Waals surface area contributed by atoms with E-state index in [0.29, 0.717) is 5.03 Å². The summed E-state index contributed by atoms with van der Waals surface area (Å²) in [6.45, 7) is 3.65. The summed E-state index contributed by atoms with van der Waals surface area (Å²) in [6, 6.07) is 9.63. The van der Waals surface area contributed by atoms with E-state index in [1.807, 2.05) is 44.2 Å². The van der Waals surface area contributed by atoms with E-state index in [1.54, 1.807) is 0 Å². The van der Waals surface area contributed by atoms with Gasteiger partial charge >= 0.3 is 0 Å². The molecular weight excluding hydrogens is 210 g/mol. The molecule has 0 saturated carbocycles. The third kappa shape index (κ3) is 1.65. The summed E-state index contributed by atoms with van der Waals surface area (Å²) in [5, 5.41) is 3.44. The maximum atomic E-state index is 11.8. The molecule has 0 spiro atoms. The van der Waals surface area contributed by atoms with Gasteiger partial charge in [0.25, 0.3) is 0 Å². The van der Waals surface area contributed by atoms with Crippen LogP contribution < -0.4 is 5.32 Å². The van der Waals surface area contributed by atoms with Crippen molar-refractivity contribution in [3.63, 3.8) is 0 Å². The molecule has 3 heteroatoms. The molecule has 1 heterocycles. The molecule has 0 saturated heterocycles. The van der Waals surface area contributed by atoms with Crippen molar-refractivity contribution in [1.82, 2.24) is 5.32 Å². The Morgan fingerprint density at radius 3 is 2.27 bits per heavy atom. The van der Waals surface area contributed by atoms with Crippen LogP contribution in [0.2, 0.25) is 0 Å². The maximum absolute atomic E-state index is 11.8. The van der Waals surface area contributed by atoms with Crippen molar-refractivity contribution in [1.29, 1.82) is 0 Å². The van der Waals surface area contributed by atoms with E-state index >= 15 is 0 Å². The second kappa shape index (κ2) is 3.38. The quantitative estimate of drug-likeness (QED) is 0.790. The number of nitrogens with one attached hydrogen (secondary N) is 1. The van der Waals surface area contributed by atoms with E-state index in [9.17, 15) is 4.79 Å². The topological polar surface area (TPSA) is 29.1 Å². The summed E-state index contributed by atoms with van der Waals surface area (Å²) in [6.07, 6.45) is 0. The van der Waals surface area contributed by atoms with Crippen LogP contribution in [0.25, 0.3) is 5.70 Å². The zero-order chi connectivity index (χ0) is 11.1. The Kier molecular flexibility index (Phi) is 2.31. The number of hydrogen-bond donors (Lipinski definition) is 1. The summed E-state index contributed by atoms with van der Waals surface area (Å²) in [5.41, 5.74) is 1.08. The molecule has 78 valence electrons. The van der Waals surface area contributed by atoms with Crippen molar-refractivity contribution in [3.8, 4) is 0 Å². The number of halogens is 1. The Bertz CT molecular complexity index is 434. The fraction of sp³-hybridized carbons (Fsp3) is 0.250. The highest BCUT2D eigenvalue weighted by atomic mass is 35.5. The van der Waals surface area contributed by atoms with Crippen LogP contribution in [0.3, 0.4) is 0 Å². The molecule has 1 N–H and O–H groups in total. The number of benzene rings is 1. The van der Waals surface area contributed by atoms with Gasteiger partial charge in [-0.1, -0.05) is 41.9 Å². The largest absolute Gasteiger partial charge is 0.371 e. The smallest absolute Gasteiger partial charge is 0.200 e. The molecule has 15 heavy (non-hydrogen) atoms. The fourth-order valence-corrected chi connectivity index (χ4v) is 2.01. The van der Waals surface area contributed by atoms with E-state index < -0.39 is 5.54 Å². The van der Waals surface area contributed by atoms with Gasteiger partial charge in [-0.25, -0.2) is 0 Å². The van der Waals surface area contributed by atoms with Crippen LogP contribution in [-0.2, 0) is 4.79 Å². The first-order valence-corrected chi connectivity index (χ1v) is 5.18. The lowest BCUT2D eigenvalue weighted by Gasteiger charge is -2.18. The molecule has 1 aromatic rings. The van der Waals surface area contributed by atoms with Gasteiger partial charge in [-0.3, -0.25) is 4.79 Å². The number of hydrogen-bond acceptors (Lipinski definition) is 2. The minimum atomic E-state index is -0.595.